The highest BCUT2D eigenvalue weighted by Crippen LogP contribution is 2.23. The minimum Gasteiger partial charge on any atom is -0.451 e. The van der Waals surface area contributed by atoms with Gasteiger partial charge in [0, 0.05) is 16.6 Å². The van der Waals surface area contributed by atoms with E-state index in [1.165, 1.54) is 41.4 Å². The summed E-state index contributed by atoms with van der Waals surface area (Å²) in [6.07, 6.45) is 3.25. The summed E-state index contributed by atoms with van der Waals surface area (Å²) in [5, 5.41) is 8.26. The van der Waals surface area contributed by atoms with Crippen molar-refractivity contribution in [2.45, 2.75) is 11.8 Å². The third kappa shape index (κ3) is 3.69. The molecule has 28 heavy (non-hydrogen) atoms. The van der Waals surface area contributed by atoms with Crippen molar-refractivity contribution in [2.75, 3.05) is 6.26 Å². The lowest BCUT2D eigenvalue weighted by Crippen LogP contribution is -2.12. The fourth-order valence-corrected chi connectivity index (χ4v) is 3.66. The average Bonchev–Trinajstić information content (AvgIpc) is 3.46. The number of hydrogen-bond donors (Lipinski definition) is 0. The van der Waals surface area contributed by atoms with Crippen LogP contribution in [0, 0.1) is 5.82 Å². The van der Waals surface area contributed by atoms with Crippen LogP contribution in [-0.2, 0) is 11.3 Å². The van der Waals surface area contributed by atoms with Crippen molar-refractivity contribution in [1.82, 2.24) is 19.7 Å². The van der Waals surface area contributed by atoms with Crippen molar-refractivity contribution in [1.29, 1.82) is 0 Å². The van der Waals surface area contributed by atoms with E-state index in [1.54, 1.807) is 16.7 Å². The number of carbonyl (C=O) groups excluding carboxylic acids is 1. The highest BCUT2D eigenvalue weighted by molar-refractivity contribution is 7.98. The van der Waals surface area contributed by atoms with Gasteiger partial charge in [-0.15, -0.1) is 0 Å². The predicted molar refractivity (Wildman–Crippen MR) is 102 cm³/mol. The molecule has 0 aliphatic heterocycles. The number of nitrogens with zero attached hydrogens (tertiary/aromatic N) is 4. The van der Waals surface area contributed by atoms with Crippen LogP contribution in [0.1, 0.15) is 16.4 Å². The number of rotatable bonds is 6. The number of halogens is 1. The van der Waals surface area contributed by atoms with Gasteiger partial charge < -0.3 is 9.26 Å². The van der Waals surface area contributed by atoms with Crippen molar-refractivity contribution in [3.8, 4) is 17.1 Å². The Kier molecular flexibility index (Phi) is 5.22. The van der Waals surface area contributed by atoms with Gasteiger partial charge in [0.15, 0.2) is 17.5 Å². The number of carbonyl (C=O) groups is 1. The zero-order valence-electron chi connectivity index (χ0n) is 14.5. The monoisotopic (exact) mass is 416 g/mol. The number of ether oxygens (including phenoxy) is 1. The van der Waals surface area contributed by atoms with E-state index >= 15 is 0 Å². The van der Waals surface area contributed by atoms with Gasteiger partial charge >= 0.3 is 5.97 Å². The molecular formula is C18H13FN4O3S2. The molecule has 142 valence electrons. The summed E-state index contributed by atoms with van der Waals surface area (Å²) in [5.41, 5.74) is 1.66. The molecule has 0 aliphatic rings. The molecule has 0 aliphatic carbocycles. The molecule has 0 unspecified atom stereocenters. The van der Waals surface area contributed by atoms with E-state index in [1.807, 2.05) is 23.1 Å². The number of benzene rings is 1. The molecule has 0 saturated carbocycles. The number of imidazole rings is 1. The number of aromatic nitrogens is 4. The molecule has 0 bridgehead atoms. The SMILES string of the molecule is CSc1ncc(C(=O)OCc2nc(-c3ccsc3)no2)n1-c1ccc(F)cc1. The van der Waals surface area contributed by atoms with Crippen LogP contribution in [0.3, 0.4) is 0 Å². The minimum absolute atomic E-state index is 0.167. The summed E-state index contributed by atoms with van der Waals surface area (Å²) in [6, 6.07) is 7.64. The number of hydrogen-bond acceptors (Lipinski definition) is 8. The summed E-state index contributed by atoms with van der Waals surface area (Å²) in [4.78, 5) is 21.0. The maximum atomic E-state index is 13.2. The molecule has 0 radical (unpaired) electrons. The summed E-state index contributed by atoms with van der Waals surface area (Å²) in [6.45, 7) is -0.167. The molecule has 0 spiro atoms. The minimum atomic E-state index is -0.604. The molecule has 0 atom stereocenters. The Bertz CT molecular complexity index is 1090. The Balaban J connectivity index is 1.52. The third-order valence-electron chi connectivity index (χ3n) is 3.78. The quantitative estimate of drug-likeness (QED) is 0.344. The van der Waals surface area contributed by atoms with E-state index in [-0.39, 0.29) is 24.0 Å². The van der Waals surface area contributed by atoms with Gasteiger partial charge in [-0.2, -0.15) is 16.3 Å². The molecule has 10 heteroatoms. The van der Waals surface area contributed by atoms with E-state index in [0.29, 0.717) is 16.7 Å². The van der Waals surface area contributed by atoms with Crippen LogP contribution in [0.5, 0.6) is 0 Å². The van der Waals surface area contributed by atoms with E-state index in [4.69, 9.17) is 9.26 Å². The van der Waals surface area contributed by atoms with Crippen LogP contribution in [0.15, 0.2) is 57.0 Å². The standard InChI is InChI=1S/C18H13FN4O3S2/c1-27-18-20-8-14(23(18)13-4-2-12(19)3-5-13)17(24)25-9-15-21-16(22-26-15)11-6-7-28-10-11/h2-8,10H,9H2,1H3. The Morgan fingerprint density at radius 1 is 1.32 bits per heavy atom. The number of thioether (sulfide) groups is 1. The van der Waals surface area contributed by atoms with Gasteiger partial charge in [-0.1, -0.05) is 16.9 Å². The van der Waals surface area contributed by atoms with Crippen LogP contribution >= 0.6 is 23.1 Å². The second-order valence-corrected chi connectivity index (χ2v) is 7.10. The van der Waals surface area contributed by atoms with E-state index in [9.17, 15) is 9.18 Å². The second-order valence-electron chi connectivity index (χ2n) is 5.54. The van der Waals surface area contributed by atoms with E-state index < -0.39 is 5.97 Å². The number of esters is 1. The van der Waals surface area contributed by atoms with Crippen LogP contribution in [-0.4, -0.2) is 31.9 Å². The molecule has 0 N–H and O–H groups in total. The lowest BCUT2D eigenvalue weighted by molar-refractivity contribution is 0.0419. The second kappa shape index (κ2) is 7.95. The number of thiophene rings is 1. The zero-order chi connectivity index (χ0) is 19.5. The first-order valence-electron chi connectivity index (χ1n) is 8.05. The first-order valence-corrected chi connectivity index (χ1v) is 10.2. The van der Waals surface area contributed by atoms with Crippen molar-refractivity contribution in [2.24, 2.45) is 0 Å². The fraction of sp³-hybridized carbons (Fsp3) is 0.111. The predicted octanol–water partition coefficient (Wildman–Crippen LogP) is 4.20. The van der Waals surface area contributed by atoms with Crippen LogP contribution in [0.2, 0.25) is 0 Å². The van der Waals surface area contributed by atoms with Gasteiger partial charge in [0.1, 0.15) is 5.82 Å². The molecule has 1 aromatic carbocycles. The molecule has 3 aromatic heterocycles. The molecule has 3 heterocycles. The highest BCUT2D eigenvalue weighted by Gasteiger charge is 2.20. The summed E-state index contributed by atoms with van der Waals surface area (Å²) >= 11 is 2.88. The van der Waals surface area contributed by atoms with Crippen LogP contribution < -0.4 is 0 Å². The lowest BCUT2D eigenvalue weighted by Gasteiger charge is -2.10. The van der Waals surface area contributed by atoms with Crippen molar-refractivity contribution in [3.05, 3.63) is 64.7 Å². The summed E-state index contributed by atoms with van der Waals surface area (Å²) in [7, 11) is 0. The van der Waals surface area contributed by atoms with E-state index in [2.05, 4.69) is 15.1 Å². The Morgan fingerprint density at radius 2 is 2.14 bits per heavy atom. The molecule has 0 amide bonds. The van der Waals surface area contributed by atoms with Gasteiger partial charge in [-0.25, -0.2) is 14.2 Å². The Morgan fingerprint density at radius 3 is 2.86 bits per heavy atom. The third-order valence-corrected chi connectivity index (χ3v) is 5.12. The average molecular weight is 416 g/mol. The largest absolute Gasteiger partial charge is 0.451 e. The lowest BCUT2D eigenvalue weighted by atomic mass is 10.3. The van der Waals surface area contributed by atoms with Crippen molar-refractivity contribution in [3.63, 3.8) is 0 Å². The maximum Gasteiger partial charge on any atom is 0.357 e. The van der Waals surface area contributed by atoms with Gasteiger partial charge in [-0.05, 0) is 42.0 Å². The van der Waals surface area contributed by atoms with Crippen LogP contribution in [0.4, 0.5) is 4.39 Å². The first-order chi connectivity index (χ1) is 13.7. The van der Waals surface area contributed by atoms with Crippen molar-refractivity contribution < 1.29 is 18.4 Å². The maximum absolute atomic E-state index is 13.2. The molecule has 4 rings (SSSR count). The molecular weight excluding hydrogens is 403 g/mol. The molecule has 4 aromatic rings. The van der Waals surface area contributed by atoms with Gasteiger partial charge in [-0.3, -0.25) is 4.57 Å². The summed E-state index contributed by atoms with van der Waals surface area (Å²) < 4.78 is 25.3. The molecule has 0 saturated heterocycles. The van der Waals surface area contributed by atoms with Gasteiger partial charge in [0.2, 0.25) is 5.82 Å². The van der Waals surface area contributed by atoms with Crippen molar-refractivity contribution >= 4 is 29.1 Å². The highest BCUT2D eigenvalue weighted by atomic mass is 32.2. The van der Waals surface area contributed by atoms with Gasteiger partial charge in [0.05, 0.1) is 6.20 Å². The smallest absolute Gasteiger partial charge is 0.357 e. The molecule has 0 fully saturated rings. The normalized spacial score (nSPS) is 10.9. The van der Waals surface area contributed by atoms with Gasteiger partial charge in [0.25, 0.3) is 5.89 Å². The fourth-order valence-electron chi connectivity index (χ4n) is 2.49. The van der Waals surface area contributed by atoms with E-state index in [0.717, 1.165) is 5.56 Å². The Hall–Kier alpha value is -2.98. The zero-order valence-corrected chi connectivity index (χ0v) is 16.2. The topological polar surface area (TPSA) is 83.0 Å². The summed E-state index contributed by atoms with van der Waals surface area (Å²) in [5.74, 6) is -0.343. The first kappa shape index (κ1) is 18.4. The Labute approximate surface area is 167 Å². The molecule has 7 nitrogen and oxygen atoms in total. The van der Waals surface area contributed by atoms with Crippen LogP contribution in [0.25, 0.3) is 17.1 Å².